The van der Waals surface area contributed by atoms with Gasteiger partial charge in [-0.15, -0.1) is 0 Å². The summed E-state index contributed by atoms with van der Waals surface area (Å²) in [6.07, 6.45) is -1.22. The number of hydrogen-bond donors (Lipinski definition) is 0. The van der Waals surface area contributed by atoms with Gasteiger partial charge in [-0.3, -0.25) is 4.79 Å². The molecule has 0 N–H and O–H groups in total. The summed E-state index contributed by atoms with van der Waals surface area (Å²) in [5.74, 6) is 0. The van der Waals surface area contributed by atoms with Gasteiger partial charge in [-0.05, 0) is 24.6 Å². The van der Waals surface area contributed by atoms with E-state index in [1.807, 2.05) is 0 Å². The van der Waals surface area contributed by atoms with Crippen molar-refractivity contribution in [1.29, 1.82) is 0 Å². The Balaban J connectivity index is 2.95. The van der Waals surface area contributed by atoms with Gasteiger partial charge in [0.2, 0.25) is 0 Å². The molecule has 0 aromatic heterocycles. The van der Waals surface area contributed by atoms with E-state index in [1.54, 1.807) is 18.0 Å². The molecule has 0 atom stereocenters. The van der Waals surface area contributed by atoms with Crippen LogP contribution in [0.2, 0.25) is 0 Å². The Morgan fingerprint density at radius 2 is 1.95 bits per heavy atom. The van der Waals surface area contributed by atoms with Crippen molar-refractivity contribution in [2.45, 2.75) is 32.4 Å². The third-order valence-corrected chi connectivity index (χ3v) is 3.01. The highest BCUT2D eigenvalue weighted by Gasteiger charge is 2.33. The number of benzene rings is 1. The van der Waals surface area contributed by atoms with Gasteiger partial charge in [-0.25, -0.2) is 0 Å². The summed E-state index contributed by atoms with van der Waals surface area (Å²) < 4.78 is 38.4. The average molecular weight is 273 g/mol. The Bertz CT molecular complexity index is 429. The number of rotatable bonds is 6. The Morgan fingerprint density at radius 1 is 1.26 bits per heavy atom. The minimum absolute atomic E-state index is 0.240. The number of carbonyl (C=O) groups is 1. The second-order valence-corrected chi connectivity index (χ2v) is 4.52. The Hall–Kier alpha value is -1.52. The summed E-state index contributed by atoms with van der Waals surface area (Å²) in [5.41, 5.74) is -0.713. The predicted molar refractivity (Wildman–Crippen MR) is 69.6 cm³/mol. The van der Waals surface area contributed by atoms with Crippen LogP contribution in [-0.2, 0) is 6.18 Å². The molecular formula is C14H18F3NO. The number of nitrogens with zero attached hydrogens (tertiary/aromatic N) is 1. The number of hydrogen-bond acceptors (Lipinski definition) is 2. The zero-order valence-electron chi connectivity index (χ0n) is 11.1. The van der Waals surface area contributed by atoms with Crippen molar-refractivity contribution in [2.75, 3.05) is 18.5 Å². The van der Waals surface area contributed by atoms with Gasteiger partial charge >= 0.3 is 6.18 Å². The maximum Gasteiger partial charge on any atom is 0.417 e. The summed E-state index contributed by atoms with van der Waals surface area (Å²) in [6, 6.07) is 3.81. The van der Waals surface area contributed by atoms with E-state index in [9.17, 15) is 18.0 Å². The quantitative estimate of drug-likeness (QED) is 0.573. The summed E-state index contributed by atoms with van der Waals surface area (Å²) in [6.45, 7) is 2.77. The van der Waals surface area contributed by atoms with Crippen LogP contribution in [0.3, 0.4) is 0 Å². The Morgan fingerprint density at radius 3 is 2.47 bits per heavy atom. The van der Waals surface area contributed by atoms with Gasteiger partial charge in [0, 0.05) is 24.8 Å². The van der Waals surface area contributed by atoms with Crippen LogP contribution in [0.15, 0.2) is 18.2 Å². The SMILES string of the molecule is CCCCCN(C)c1ccc(C=O)c(C(F)(F)F)c1. The molecule has 0 amide bonds. The van der Waals surface area contributed by atoms with Crippen molar-refractivity contribution in [2.24, 2.45) is 0 Å². The summed E-state index contributed by atoms with van der Waals surface area (Å²) in [5, 5.41) is 0. The average Bonchev–Trinajstić information content (AvgIpc) is 2.37. The maximum atomic E-state index is 12.8. The first-order chi connectivity index (χ1) is 8.90. The fourth-order valence-electron chi connectivity index (χ4n) is 1.86. The molecule has 0 radical (unpaired) electrons. The van der Waals surface area contributed by atoms with E-state index in [-0.39, 0.29) is 11.8 Å². The van der Waals surface area contributed by atoms with E-state index in [4.69, 9.17) is 0 Å². The Kier molecular flexibility index (Phi) is 5.39. The van der Waals surface area contributed by atoms with Gasteiger partial charge in [-0.2, -0.15) is 13.2 Å². The number of halogens is 3. The molecular weight excluding hydrogens is 255 g/mol. The van der Waals surface area contributed by atoms with Crippen molar-refractivity contribution in [1.82, 2.24) is 0 Å². The molecule has 0 unspecified atom stereocenters. The molecule has 106 valence electrons. The van der Waals surface area contributed by atoms with Crippen LogP contribution in [0.4, 0.5) is 18.9 Å². The molecule has 5 heteroatoms. The zero-order valence-corrected chi connectivity index (χ0v) is 11.1. The number of alkyl halides is 3. The zero-order chi connectivity index (χ0) is 14.5. The van der Waals surface area contributed by atoms with Crippen LogP contribution in [-0.4, -0.2) is 19.9 Å². The molecule has 0 fully saturated rings. The second kappa shape index (κ2) is 6.59. The van der Waals surface area contributed by atoms with E-state index in [0.717, 1.165) is 25.3 Å². The largest absolute Gasteiger partial charge is 0.417 e. The molecule has 0 saturated carbocycles. The third-order valence-electron chi connectivity index (χ3n) is 3.01. The van der Waals surface area contributed by atoms with Crippen LogP contribution < -0.4 is 4.90 Å². The van der Waals surface area contributed by atoms with Gasteiger partial charge in [0.1, 0.15) is 0 Å². The van der Waals surface area contributed by atoms with Crippen molar-refractivity contribution in [3.63, 3.8) is 0 Å². The first-order valence-electron chi connectivity index (χ1n) is 6.27. The van der Waals surface area contributed by atoms with Crippen molar-refractivity contribution in [3.05, 3.63) is 29.3 Å². The molecule has 0 aliphatic heterocycles. The molecule has 0 spiro atoms. The first-order valence-corrected chi connectivity index (χ1v) is 6.27. The van der Waals surface area contributed by atoms with Gasteiger partial charge in [0.05, 0.1) is 5.56 Å². The number of unbranched alkanes of at least 4 members (excludes halogenated alkanes) is 2. The molecule has 0 aliphatic rings. The van der Waals surface area contributed by atoms with Gasteiger partial charge in [0.15, 0.2) is 6.29 Å². The predicted octanol–water partition coefficient (Wildman–Crippen LogP) is 4.14. The van der Waals surface area contributed by atoms with E-state index in [1.165, 1.54) is 6.07 Å². The van der Waals surface area contributed by atoms with Crippen LogP contribution >= 0.6 is 0 Å². The molecule has 2 nitrogen and oxygen atoms in total. The lowest BCUT2D eigenvalue weighted by molar-refractivity contribution is -0.137. The van der Waals surface area contributed by atoms with Crippen molar-refractivity contribution in [3.8, 4) is 0 Å². The van der Waals surface area contributed by atoms with Crippen molar-refractivity contribution >= 4 is 12.0 Å². The highest BCUT2D eigenvalue weighted by Crippen LogP contribution is 2.33. The molecule has 0 heterocycles. The molecule has 0 bridgehead atoms. The first kappa shape index (κ1) is 15.5. The normalized spacial score (nSPS) is 11.4. The fraction of sp³-hybridized carbons (Fsp3) is 0.500. The highest BCUT2D eigenvalue weighted by molar-refractivity contribution is 5.79. The van der Waals surface area contributed by atoms with E-state index in [0.29, 0.717) is 12.2 Å². The second-order valence-electron chi connectivity index (χ2n) is 4.52. The van der Waals surface area contributed by atoms with Gasteiger partial charge in [0.25, 0.3) is 0 Å². The maximum absolute atomic E-state index is 12.8. The Labute approximate surface area is 111 Å². The molecule has 0 aliphatic carbocycles. The van der Waals surface area contributed by atoms with E-state index >= 15 is 0 Å². The van der Waals surface area contributed by atoms with E-state index in [2.05, 4.69) is 6.92 Å². The summed E-state index contributed by atoms with van der Waals surface area (Å²) in [7, 11) is 1.76. The third kappa shape index (κ3) is 4.26. The molecule has 0 saturated heterocycles. The minimum atomic E-state index is -4.50. The monoisotopic (exact) mass is 273 g/mol. The van der Waals surface area contributed by atoms with Crippen molar-refractivity contribution < 1.29 is 18.0 Å². The number of anilines is 1. The van der Waals surface area contributed by atoms with Crippen LogP contribution in [0, 0.1) is 0 Å². The lowest BCUT2D eigenvalue weighted by atomic mass is 10.1. The fourth-order valence-corrected chi connectivity index (χ4v) is 1.86. The van der Waals surface area contributed by atoms with E-state index < -0.39 is 11.7 Å². The lowest BCUT2D eigenvalue weighted by Gasteiger charge is -2.21. The molecule has 1 aromatic carbocycles. The van der Waals surface area contributed by atoms with Crippen LogP contribution in [0.5, 0.6) is 0 Å². The van der Waals surface area contributed by atoms with Crippen LogP contribution in [0.1, 0.15) is 42.1 Å². The minimum Gasteiger partial charge on any atom is -0.375 e. The number of carbonyl (C=O) groups excluding carboxylic acids is 1. The van der Waals surface area contributed by atoms with Crippen LogP contribution in [0.25, 0.3) is 0 Å². The summed E-state index contributed by atoms with van der Waals surface area (Å²) >= 11 is 0. The number of aldehydes is 1. The molecule has 1 rings (SSSR count). The highest BCUT2D eigenvalue weighted by atomic mass is 19.4. The standard InChI is InChI=1S/C14H18F3NO/c1-3-4-5-8-18(2)12-7-6-11(10-19)13(9-12)14(15,16)17/h6-7,9-10H,3-5,8H2,1-2H3. The molecule has 1 aromatic rings. The topological polar surface area (TPSA) is 20.3 Å². The molecule has 19 heavy (non-hydrogen) atoms. The van der Waals surface area contributed by atoms with Gasteiger partial charge in [-0.1, -0.05) is 19.8 Å². The van der Waals surface area contributed by atoms with Gasteiger partial charge < -0.3 is 4.90 Å². The summed E-state index contributed by atoms with van der Waals surface area (Å²) in [4.78, 5) is 12.4. The lowest BCUT2D eigenvalue weighted by Crippen LogP contribution is -2.19. The smallest absolute Gasteiger partial charge is 0.375 e.